The minimum absolute atomic E-state index is 0.0861. The number of rotatable bonds is 4. The van der Waals surface area contributed by atoms with E-state index in [1.54, 1.807) is 0 Å². The van der Waals surface area contributed by atoms with E-state index < -0.39 is 0 Å². The number of nitrogens with one attached hydrogen (secondary N) is 1. The van der Waals surface area contributed by atoms with Gasteiger partial charge >= 0.3 is 0 Å². The summed E-state index contributed by atoms with van der Waals surface area (Å²) in [5.41, 5.74) is 0. The molecule has 3 nitrogen and oxygen atoms in total. The number of terminal acetylenes is 1. The molecule has 0 saturated heterocycles. The second kappa shape index (κ2) is 4.73. The van der Waals surface area contributed by atoms with E-state index in [0.717, 1.165) is 18.0 Å². The van der Waals surface area contributed by atoms with Crippen molar-refractivity contribution in [2.24, 2.45) is 0 Å². The Balaban J connectivity index is 2.44. The highest BCUT2D eigenvalue weighted by molar-refractivity contribution is 7.09. The SMILES string of the molecule is C#CC(CCC)Nc1ncns1. The van der Waals surface area contributed by atoms with Crippen molar-refractivity contribution in [3.8, 4) is 12.3 Å². The molecule has 0 bridgehead atoms. The van der Waals surface area contributed by atoms with Gasteiger partial charge in [-0.3, -0.25) is 0 Å². The van der Waals surface area contributed by atoms with E-state index in [1.807, 2.05) is 0 Å². The quantitative estimate of drug-likeness (QED) is 0.719. The zero-order chi connectivity index (χ0) is 8.81. The lowest BCUT2D eigenvalue weighted by atomic mass is 10.2. The first kappa shape index (κ1) is 9.01. The molecule has 0 spiro atoms. The Bertz CT molecular complexity index is 250. The molecule has 0 fully saturated rings. The fourth-order valence-electron chi connectivity index (χ4n) is 0.872. The van der Waals surface area contributed by atoms with Crippen LogP contribution in [-0.2, 0) is 0 Å². The first-order chi connectivity index (χ1) is 5.86. The standard InChI is InChI=1S/C8H11N3S/c1-3-5-7(4-2)11-8-9-6-10-12-8/h2,6-7H,3,5H2,1H3,(H,9,10,11). The van der Waals surface area contributed by atoms with Gasteiger partial charge in [0.2, 0.25) is 5.13 Å². The summed E-state index contributed by atoms with van der Waals surface area (Å²) < 4.78 is 3.87. The van der Waals surface area contributed by atoms with Gasteiger partial charge < -0.3 is 5.32 Å². The first-order valence-corrected chi connectivity index (χ1v) is 4.63. The van der Waals surface area contributed by atoms with Gasteiger partial charge in [-0.2, -0.15) is 4.37 Å². The Morgan fingerprint density at radius 2 is 2.67 bits per heavy atom. The number of hydrogen-bond donors (Lipinski definition) is 1. The van der Waals surface area contributed by atoms with Crippen molar-refractivity contribution in [3.05, 3.63) is 6.33 Å². The van der Waals surface area contributed by atoms with Crippen LogP contribution in [0.3, 0.4) is 0 Å². The molecule has 12 heavy (non-hydrogen) atoms. The van der Waals surface area contributed by atoms with Crippen molar-refractivity contribution < 1.29 is 0 Å². The summed E-state index contributed by atoms with van der Waals surface area (Å²) >= 11 is 1.32. The molecule has 1 aromatic heterocycles. The zero-order valence-electron chi connectivity index (χ0n) is 6.95. The van der Waals surface area contributed by atoms with Crippen molar-refractivity contribution >= 4 is 16.7 Å². The van der Waals surface area contributed by atoms with Gasteiger partial charge in [-0.05, 0) is 6.42 Å². The first-order valence-electron chi connectivity index (χ1n) is 3.86. The summed E-state index contributed by atoms with van der Waals surface area (Å²) in [6.07, 6.45) is 8.88. The van der Waals surface area contributed by atoms with Crippen molar-refractivity contribution in [2.45, 2.75) is 25.8 Å². The molecule has 0 amide bonds. The van der Waals surface area contributed by atoms with Gasteiger partial charge in [0.05, 0.1) is 6.04 Å². The Hall–Kier alpha value is -1.08. The summed E-state index contributed by atoms with van der Waals surface area (Å²) in [4.78, 5) is 3.99. The molecule has 1 aromatic rings. The number of aromatic nitrogens is 2. The van der Waals surface area contributed by atoms with E-state index in [4.69, 9.17) is 6.42 Å². The maximum Gasteiger partial charge on any atom is 0.203 e. The molecule has 1 N–H and O–H groups in total. The van der Waals surface area contributed by atoms with Crippen LogP contribution in [-0.4, -0.2) is 15.4 Å². The van der Waals surface area contributed by atoms with Crippen molar-refractivity contribution in [3.63, 3.8) is 0 Å². The second-order valence-corrected chi connectivity index (χ2v) is 3.18. The molecule has 1 atom stereocenters. The minimum atomic E-state index is 0.0861. The summed E-state index contributed by atoms with van der Waals surface area (Å²) in [7, 11) is 0. The second-order valence-electron chi connectivity index (χ2n) is 2.40. The summed E-state index contributed by atoms with van der Waals surface area (Å²) in [5, 5.41) is 3.92. The molecule has 1 unspecified atom stereocenters. The maximum atomic E-state index is 5.32. The van der Waals surface area contributed by atoms with E-state index >= 15 is 0 Å². The highest BCUT2D eigenvalue weighted by atomic mass is 32.1. The highest BCUT2D eigenvalue weighted by Gasteiger charge is 2.04. The van der Waals surface area contributed by atoms with Gasteiger partial charge in [0, 0.05) is 11.5 Å². The van der Waals surface area contributed by atoms with Crippen LogP contribution in [0.15, 0.2) is 6.33 Å². The van der Waals surface area contributed by atoms with E-state index in [-0.39, 0.29) is 6.04 Å². The largest absolute Gasteiger partial charge is 0.347 e. The molecule has 4 heteroatoms. The minimum Gasteiger partial charge on any atom is -0.347 e. The average Bonchev–Trinajstić information content (AvgIpc) is 2.56. The Morgan fingerprint density at radius 1 is 1.83 bits per heavy atom. The summed E-state index contributed by atoms with van der Waals surface area (Å²) in [6.45, 7) is 2.10. The monoisotopic (exact) mass is 181 g/mol. The average molecular weight is 181 g/mol. The lowest BCUT2D eigenvalue weighted by Gasteiger charge is -2.08. The molecule has 1 rings (SSSR count). The topological polar surface area (TPSA) is 37.8 Å². The number of hydrogen-bond acceptors (Lipinski definition) is 4. The smallest absolute Gasteiger partial charge is 0.203 e. The summed E-state index contributed by atoms with van der Waals surface area (Å²) in [5.74, 6) is 2.67. The Kier molecular flexibility index (Phi) is 3.55. The Labute approximate surface area is 76.4 Å². The van der Waals surface area contributed by atoms with Gasteiger partial charge in [0.1, 0.15) is 6.33 Å². The van der Waals surface area contributed by atoms with Gasteiger partial charge in [-0.15, -0.1) is 6.42 Å². The van der Waals surface area contributed by atoms with E-state index in [2.05, 4.69) is 27.5 Å². The van der Waals surface area contributed by atoms with Crippen LogP contribution < -0.4 is 5.32 Å². The molecule has 0 saturated carbocycles. The van der Waals surface area contributed by atoms with Crippen molar-refractivity contribution in [1.29, 1.82) is 0 Å². The molecule has 0 radical (unpaired) electrons. The van der Waals surface area contributed by atoms with E-state index in [0.29, 0.717) is 0 Å². The predicted molar refractivity (Wildman–Crippen MR) is 51.1 cm³/mol. The number of nitrogens with zero attached hydrogens (tertiary/aromatic N) is 2. The van der Waals surface area contributed by atoms with Crippen LogP contribution in [0, 0.1) is 12.3 Å². The summed E-state index contributed by atoms with van der Waals surface area (Å²) in [6, 6.07) is 0.0861. The fourth-order valence-corrected chi connectivity index (χ4v) is 1.35. The van der Waals surface area contributed by atoms with Crippen LogP contribution in [0.25, 0.3) is 0 Å². The third kappa shape index (κ3) is 2.51. The van der Waals surface area contributed by atoms with Crippen LogP contribution in [0.1, 0.15) is 19.8 Å². The van der Waals surface area contributed by atoms with Crippen LogP contribution in [0.5, 0.6) is 0 Å². The predicted octanol–water partition coefficient (Wildman–Crippen LogP) is 1.75. The molecule has 1 heterocycles. The lowest BCUT2D eigenvalue weighted by molar-refractivity contribution is 0.755. The van der Waals surface area contributed by atoms with E-state index in [9.17, 15) is 0 Å². The van der Waals surface area contributed by atoms with Gasteiger partial charge in [-0.1, -0.05) is 19.3 Å². The third-order valence-corrected chi connectivity index (χ3v) is 2.03. The maximum absolute atomic E-state index is 5.32. The molecule has 0 aliphatic heterocycles. The molecule has 0 aliphatic rings. The molecular formula is C8H11N3S. The van der Waals surface area contributed by atoms with Crippen molar-refractivity contribution in [2.75, 3.05) is 5.32 Å². The molecule has 64 valence electrons. The van der Waals surface area contributed by atoms with Crippen LogP contribution in [0.4, 0.5) is 5.13 Å². The molecule has 0 aromatic carbocycles. The molecular weight excluding hydrogens is 170 g/mol. The molecule has 0 aliphatic carbocycles. The van der Waals surface area contributed by atoms with Gasteiger partial charge in [-0.25, -0.2) is 4.98 Å². The zero-order valence-corrected chi connectivity index (χ0v) is 7.77. The fraction of sp³-hybridized carbons (Fsp3) is 0.500. The normalized spacial score (nSPS) is 12.0. The lowest BCUT2D eigenvalue weighted by Crippen LogP contribution is -2.16. The van der Waals surface area contributed by atoms with Gasteiger partial charge in [0.25, 0.3) is 0 Å². The third-order valence-electron chi connectivity index (χ3n) is 1.44. The van der Waals surface area contributed by atoms with Gasteiger partial charge in [0.15, 0.2) is 0 Å². The van der Waals surface area contributed by atoms with Crippen molar-refractivity contribution in [1.82, 2.24) is 9.36 Å². The highest BCUT2D eigenvalue weighted by Crippen LogP contribution is 2.10. The van der Waals surface area contributed by atoms with Crippen LogP contribution >= 0.6 is 11.5 Å². The number of anilines is 1. The van der Waals surface area contributed by atoms with E-state index in [1.165, 1.54) is 17.9 Å². The Morgan fingerprint density at radius 3 is 3.17 bits per heavy atom. The van der Waals surface area contributed by atoms with Crippen LogP contribution in [0.2, 0.25) is 0 Å².